The molecule has 2 heterocycles. The van der Waals surface area contributed by atoms with Crippen molar-refractivity contribution in [2.75, 3.05) is 25.0 Å². The van der Waals surface area contributed by atoms with E-state index in [4.69, 9.17) is 4.52 Å². The van der Waals surface area contributed by atoms with Crippen molar-refractivity contribution in [2.24, 2.45) is 5.92 Å². The number of hydrogen-bond donors (Lipinski definition) is 2. The fourth-order valence-electron chi connectivity index (χ4n) is 2.58. The fourth-order valence-corrected chi connectivity index (χ4v) is 2.58. The van der Waals surface area contributed by atoms with Crippen LogP contribution in [-0.2, 0) is 0 Å². The molecule has 20 heavy (non-hydrogen) atoms. The summed E-state index contributed by atoms with van der Waals surface area (Å²) in [5, 5.41) is 9.26. The number of nitrogens with zero attached hydrogens (tertiary/aromatic N) is 2. The van der Waals surface area contributed by atoms with Crippen LogP contribution in [0, 0.1) is 12.8 Å². The lowest BCUT2D eigenvalue weighted by Crippen LogP contribution is -2.47. The van der Waals surface area contributed by atoms with Crippen LogP contribution in [0.25, 0.3) is 0 Å². The second-order valence-electron chi connectivity index (χ2n) is 5.75. The maximum Gasteiger partial charge on any atom is 0.320 e. The van der Waals surface area contributed by atoms with E-state index < -0.39 is 0 Å². The number of urea groups is 1. The zero-order chi connectivity index (χ0) is 14.5. The molecule has 1 aromatic rings. The molecule has 1 saturated heterocycles. The van der Waals surface area contributed by atoms with Gasteiger partial charge in [0.15, 0.2) is 5.82 Å². The van der Waals surface area contributed by atoms with Gasteiger partial charge >= 0.3 is 6.03 Å². The topological polar surface area (TPSA) is 70.4 Å². The monoisotopic (exact) mass is 280 g/mol. The van der Waals surface area contributed by atoms with E-state index in [-0.39, 0.29) is 6.03 Å². The largest absolute Gasteiger partial charge is 0.360 e. The van der Waals surface area contributed by atoms with E-state index in [0.29, 0.717) is 24.2 Å². The average Bonchev–Trinajstić information content (AvgIpc) is 2.81. The van der Waals surface area contributed by atoms with Crippen LogP contribution < -0.4 is 10.6 Å². The highest BCUT2D eigenvalue weighted by atomic mass is 16.5. The maximum atomic E-state index is 11.8. The Morgan fingerprint density at radius 1 is 1.65 bits per heavy atom. The molecule has 2 atom stereocenters. The molecule has 1 aliphatic rings. The van der Waals surface area contributed by atoms with Crippen LogP contribution in [0.4, 0.5) is 10.6 Å². The zero-order valence-electron chi connectivity index (χ0n) is 12.5. The van der Waals surface area contributed by atoms with Crippen molar-refractivity contribution in [3.05, 3.63) is 11.8 Å². The van der Waals surface area contributed by atoms with Crippen molar-refractivity contribution in [1.82, 2.24) is 15.4 Å². The summed E-state index contributed by atoms with van der Waals surface area (Å²) >= 11 is 0. The first-order chi connectivity index (χ1) is 9.54. The summed E-state index contributed by atoms with van der Waals surface area (Å²) < 4.78 is 4.90. The van der Waals surface area contributed by atoms with Crippen molar-refractivity contribution < 1.29 is 9.32 Å². The van der Waals surface area contributed by atoms with Gasteiger partial charge in [0.2, 0.25) is 0 Å². The fraction of sp³-hybridized carbons (Fsp3) is 0.714. The van der Waals surface area contributed by atoms with Gasteiger partial charge in [-0.15, -0.1) is 0 Å². The Morgan fingerprint density at radius 2 is 2.45 bits per heavy atom. The standard InChI is InChI=1S/C14H24N4O2/c1-10-5-4-6-18(9-10)11(2)8-15-14(19)16-13-7-12(3)20-17-13/h7,10-11H,4-6,8-9H2,1-3H3,(H2,15,16,17,19)/t10-,11+/m1/s1. The maximum absolute atomic E-state index is 11.8. The van der Waals surface area contributed by atoms with Crippen LogP contribution in [0.2, 0.25) is 0 Å². The number of rotatable bonds is 4. The Labute approximate surface area is 119 Å². The molecule has 0 saturated carbocycles. The Balaban J connectivity index is 1.72. The first-order valence-electron chi connectivity index (χ1n) is 7.27. The summed E-state index contributed by atoms with van der Waals surface area (Å²) in [6, 6.07) is 1.80. The molecule has 0 radical (unpaired) electrons. The molecule has 0 unspecified atom stereocenters. The van der Waals surface area contributed by atoms with E-state index in [1.807, 2.05) is 0 Å². The Morgan fingerprint density at radius 3 is 3.10 bits per heavy atom. The van der Waals surface area contributed by atoms with Gasteiger partial charge in [0.25, 0.3) is 0 Å². The number of aromatic nitrogens is 1. The Kier molecular flexibility index (Phi) is 5.00. The van der Waals surface area contributed by atoms with Crippen molar-refractivity contribution in [3.63, 3.8) is 0 Å². The summed E-state index contributed by atoms with van der Waals surface area (Å²) in [5.74, 6) is 1.87. The van der Waals surface area contributed by atoms with E-state index in [1.54, 1.807) is 13.0 Å². The lowest BCUT2D eigenvalue weighted by molar-refractivity contribution is 0.138. The quantitative estimate of drug-likeness (QED) is 0.887. The number of piperidine rings is 1. The number of aryl methyl sites for hydroxylation is 1. The number of carbonyl (C=O) groups is 1. The molecule has 6 nitrogen and oxygen atoms in total. The van der Waals surface area contributed by atoms with E-state index in [2.05, 4.69) is 34.5 Å². The van der Waals surface area contributed by atoms with Gasteiger partial charge in [-0.1, -0.05) is 12.1 Å². The summed E-state index contributed by atoms with van der Waals surface area (Å²) in [6.45, 7) is 9.10. The van der Waals surface area contributed by atoms with Gasteiger partial charge in [0.1, 0.15) is 5.76 Å². The molecular weight excluding hydrogens is 256 g/mol. The second kappa shape index (κ2) is 6.74. The molecule has 0 bridgehead atoms. The lowest BCUT2D eigenvalue weighted by atomic mass is 9.99. The molecule has 2 amide bonds. The molecule has 112 valence electrons. The lowest BCUT2D eigenvalue weighted by Gasteiger charge is -2.35. The molecule has 0 aromatic carbocycles. The Hall–Kier alpha value is -1.56. The first kappa shape index (κ1) is 14.8. The smallest absolute Gasteiger partial charge is 0.320 e. The third-order valence-corrected chi connectivity index (χ3v) is 3.74. The number of carbonyl (C=O) groups excluding carboxylic acids is 1. The molecule has 0 spiro atoms. The van der Waals surface area contributed by atoms with E-state index in [1.165, 1.54) is 12.8 Å². The van der Waals surface area contributed by atoms with E-state index in [0.717, 1.165) is 19.0 Å². The molecular formula is C14H24N4O2. The summed E-state index contributed by atoms with van der Waals surface area (Å²) in [6.07, 6.45) is 2.55. The molecule has 1 aromatic heterocycles. The third-order valence-electron chi connectivity index (χ3n) is 3.74. The van der Waals surface area contributed by atoms with Gasteiger partial charge in [-0.2, -0.15) is 0 Å². The van der Waals surface area contributed by atoms with Crippen LogP contribution in [0.1, 0.15) is 32.4 Å². The molecule has 1 aliphatic heterocycles. The number of amides is 2. The first-order valence-corrected chi connectivity index (χ1v) is 7.27. The van der Waals surface area contributed by atoms with Gasteiger partial charge in [0.05, 0.1) is 0 Å². The van der Waals surface area contributed by atoms with Crippen LogP contribution in [0.5, 0.6) is 0 Å². The Bertz CT molecular complexity index is 446. The van der Waals surface area contributed by atoms with E-state index in [9.17, 15) is 4.79 Å². The van der Waals surface area contributed by atoms with Crippen LogP contribution in [-0.4, -0.2) is 41.8 Å². The molecule has 0 aliphatic carbocycles. The summed E-state index contributed by atoms with van der Waals surface area (Å²) in [5.41, 5.74) is 0. The number of likely N-dealkylation sites (tertiary alicyclic amines) is 1. The van der Waals surface area contributed by atoms with E-state index >= 15 is 0 Å². The normalized spacial score (nSPS) is 21.4. The van der Waals surface area contributed by atoms with Crippen LogP contribution in [0.15, 0.2) is 10.6 Å². The number of anilines is 1. The van der Waals surface area contributed by atoms with Crippen LogP contribution in [0.3, 0.4) is 0 Å². The van der Waals surface area contributed by atoms with Crippen LogP contribution >= 0.6 is 0 Å². The molecule has 1 fully saturated rings. The minimum Gasteiger partial charge on any atom is -0.360 e. The number of hydrogen-bond acceptors (Lipinski definition) is 4. The van der Waals surface area contributed by atoms with Crippen molar-refractivity contribution in [1.29, 1.82) is 0 Å². The zero-order valence-corrected chi connectivity index (χ0v) is 12.5. The highest BCUT2D eigenvalue weighted by Crippen LogP contribution is 2.17. The molecule has 2 N–H and O–H groups in total. The minimum absolute atomic E-state index is 0.241. The third kappa shape index (κ3) is 4.23. The SMILES string of the molecule is Cc1cc(NC(=O)NC[C@H](C)N2CCC[C@@H](C)C2)no1. The second-order valence-corrected chi connectivity index (χ2v) is 5.75. The highest BCUT2D eigenvalue weighted by molar-refractivity contribution is 5.88. The summed E-state index contributed by atoms with van der Waals surface area (Å²) in [7, 11) is 0. The molecule has 2 rings (SSSR count). The van der Waals surface area contributed by atoms with Gasteiger partial charge < -0.3 is 9.84 Å². The molecule has 6 heteroatoms. The predicted molar refractivity (Wildman–Crippen MR) is 77.7 cm³/mol. The van der Waals surface area contributed by atoms with Crippen molar-refractivity contribution in [2.45, 2.75) is 39.7 Å². The average molecular weight is 280 g/mol. The predicted octanol–water partition coefficient (Wildman–Crippen LogP) is 2.22. The highest BCUT2D eigenvalue weighted by Gasteiger charge is 2.21. The minimum atomic E-state index is -0.241. The van der Waals surface area contributed by atoms with Crippen molar-refractivity contribution in [3.8, 4) is 0 Å². The van der Waals surface area contributed by atoms with Crippen molar-refractivity contribution >= 4 is 11.8 Å². The summed E-state index contributed by atoms with van der Waals surface area (Å²) in [4.78, 5) is 14.2. The van der Waals surface area contributed by atoms with Gasteiger partial charge in [-0.3, -0.25) is 10.2 Å². The van der Waals surface area contributed by atoms with Gasteiger partial charge in [0, 0.05) is 25.2 Å². The number of nitrogens with one attached hydrogen (secondary N) is 2. The van der Waals surface area contributed by atoms with Gasteiger partial charge in [-0.25, -0.2) is 4.79 Å². The van der Waals surface area contributed by atoms with Gasteiger partial charge in [-0.05, 0) is 39.2 Å².